The first-order chi connectivity index (χ1) is 9.24. The van der Waals surface area contributed by atoms with E-state index in [4.69, 9.17) is 0 Å². The lowest BCUT2D eigenvalue weighted by atomic mass is 10.0. The summed E-state index contributed by atoms with van der Waals surface area (Å²) in [6, 6.07) is 0.615. The van der Waals surface area contributed by atoms with E-state index in [1.165, 1.54) is 19.4 Å². The van der Waals surface area contributed by atoms with Gasteiger partial charge >= 0.3 is 0 Å². The molecule has 3 rings (SSSR count). The molecule has 104 valence electrons. The summed E-state index contributed by atoms with van der Waals surface area (Å²) >= 11 is 0. The molecule has 1 aromatic heterocycles. The predicted octanol–water partition coefficient (Wildman–Crippen LogP) is 0.749. The van der Waals surface area contributed by atoms with E-state index in [2.05, 4.69) is 15.2 Å². The van der Waals surface area contributed by atoms with Crippen molar-refractivity contribution in [2.75, 3.05) is 24.5 Å². The Kier molecular flexibility index (Phi) is 3.55. The zero-order valence-electron chi connectivity index (χ0n) is 11.5. The van der Waals surface area contributed by atoms with Crippen LogP contribution >= 0.6 is 0 Å². The van der Waals surface area contributed by atoms with Crippen LogP contribution in [0.2, 0.25) is 0 Å². The highest BCUT2D eigenvalue weighted by molar-refractivity contribution is 5.36. The molecule has 1 N–H and O–H groups in total. The minimum Gasteiger partial charge on any atom is -0.352 e. The van der Waals surface area contributed by atoms with Crippen molar-refractivity contribution < 1.29 is 0 Å². The van der Waals surface area contributed by atoms with E-state index < -0.39 is 0 Å². The number of hydrogen-bond donors (Lipinski definition) is 1. The number of piperidine rings is 1. The van der Waals surface area contributed by atoms with Crippen LogP contribution in [0.15, 0.2) is 17.2 Å². The van der Waals surface area contributed by atoms with Gasteiger partial charge in [-0.1, -0.05) is 0 Å². The molecule has 5 heteroatoms. The van der Waals surface area contributed by atoms with Crippen molar-refractivity contribution in [2.24, 2.45) is 13.0 Å². The van der Waals surface area contributed by atoms with E-state index in [0.29, 0.717) is 11.9 Å². The largest absolute Gasteiger partial charge is 0.352 e. The van der Waals surface area contributed by atoms with Crippen LogP contribution in [-0.4, -0.2) is 35.2 Å². The van der Waals surface area contributed by atoms with Gasteiger partial charge in [0, 0.05) is 38.6 Å². The van der Waals surface area contributed by atoms with E-state index in [9.17, 15) is 4.79 Å². The molecule has 0 aromatic carbocycles. The van der Waals surface area contributed by atoms with E-state index in [1.807, 2.05) is 0 Å². The quantitative estimate of drug-likeness (QED) is 0.870. The minimum atomic E-state index is 0.00638. The molecule has 1 saturated heterocycles. The molecule has 0 spiro atoms. The van der Waals surface area contributed by atoms with Gasteiger partial charge in [-0.3, -0.25) is 4.79 Å². The first kappa shape index (κ1) is 12.7. The molecule has 0 amide bonds. The molecule has 1 aliphatic heterocycles. The number of hydrogen-bond acceptors (Lipinski definition) is 4. The molecule has 1 aromatic rings. The summed E-state index contributed by atoms with van der Waals surface area (Å²) in [5, 5.41) is 3.65. The fourth-order valence-corrected chi connectivity index (χ4v) is 2.65. The highest BCUT2D eigenvalue weighted by Gasteiger charge is 2.25. The van der Waals surface area contributed by atoms with Crippen LogP contribution in [0.1, 0.15) is 25.7 Å². The van der Waals surface area contributed by atoms with Crippen molar-refractivity contribution in [2.45, 2.75) is 31.7 Å². The van der Waals surface area contributed by atoms with Gasteiger partial charge in [0.1, 0.15) is 0 Å². The van der Waals surface area contributed by atoms with E-state index in [1.54, 1.807) is 24.0 Å². The Morgan fingerprint density at radius 2 is 2.05 bits per heavy atom. The van der Waals surface area contributed by atoms with Gasteiger partial charge in [-0.25, -0.2) is 4.98 Å². The first-order valence-corrected chi connectivity index (χ1v) is 7.24. The van der Waals surface area contributed by atoms with Crippen LogP contribution in [0.4, 0.5) is 5.82 Å². The molecule has 19 heavy (non-hydrogen) atoms. The van der Waals surface area contributed by atoms with Crippen LogP contribution in [-0.2, 0) is 7.05 Å². The molecular formula is C14H22N4O. The van der Waals surface area contributed by atoms with Crippen LogP contribution in [0.5, 0.6) is 0 Å². The van der Waals surface area contributed by atoms with Crippen LogP contribution in [0.3, 0.4) is 0 Å². The van der Waals surface area contributed by atoms with E-state index >= 15 is 0 Å². The van der Waals surface area contributed by atoms with Crippen molar-refractivity contribution in [3.05, 3.63) is 22.7 Å². The lowest BCUT2D eigenvalue weighted by Crippen LogP contribution is -2.45. The third-order valence-corrected chi connectivity index (χ3v) is 4.19. The third kappa shape index (κ3) is 2.97. The van der Waals surface area contributed by atoms with Gasteiger partial charge in [0.05, 0.1) is 0 Å². The van der Waals surface area contributed by atoms with Crippen molar-refractivity contribution in [3.8, 4) is 0 Å². The molecule has 0 bridgehead atoms. The first-order valence-electron chi connectivity index (χ1n) is 7.24. The van der Waals surface area contributed by atoms with Crippen LogP contribution in [0, 0.1) is 5.92 Å². The topological polar surface area (TPSA) is 50.2 Å². The van der Waals surface area contributed by atoms with Crippen molar-refractivity contribution in [3.63, 3.8) is 0 Å². The van der Waals surface area contributed by atoms with E-state index in [-0.39, 0.29) is 5.56 Å². The second kappa shape index (κ2) is 5.33. The molecule has 5 nitrogen and oxygen atoms in total. The Hall–Kier alpha value is -1.36. The zero-order chi connectivity index (χ0) is 13.2. The van der Waals surface area contributed by atoms with Gasteiger partial charge in [0.15, 0.2) is 5.82 Å². The van der Waals surface area contributed by atoms with Gasteiger partial charge in [0.2, 0.25) is 0 Å². The van der Waals surface area contributed by atoms with Crippen LogP contribution < -0.4 is 15.8 Å². The summed E-state index contributed by atoms with van der Waals surface area (Å²) in [6.07, 6.45) is 8.41. The van der Waals surface area contributed by atoms with Gasteiger partial charge in [-0.2, -0.15) is 0 Å². The van der Waals surface area contributed by atoms with Gasteiger partial charge in [0.25, 0.3) is 5.56 Å². The number of aryl methyl sites for hydroxylation is 1. The minimum absolute atomic E-state index is 0.00638. The Labute approximate surface area is 113 Å². The van der Waals surface area contributed by atoms with Crippen molar-refractivity contribution in [1.82, 2.24) is 14.9 Å². The number of nitrogens with one attached hydrogen (secondary N) is 1. The normalized spacial score (nSPS) is 20.8. The lowest BCUT2D eigenvalue weighted by molar-refractivity contribution is 0.407. The Balaban J connectivity index is 1.56. The maximum atomic E-state index is 12.0. The number of rotatable bonds is 4. The maximum Gasteiger partial charge on any atom is 0.293 e. The molecular weight excluding hydrogens is 240 g/mol. The SMILES string of the molecule is Cn1ccnc(N2CCC(NCC3CC3)CC2)c1=O. The van der Waals surface area contributed by atoms with Crippen molar-refractivity contribution in [1.29, 1.82) is 0 Å². The summed E-state index contributed by atoms with van der Waals surface area (Å²) in [5.41, 5.74) is 0.00638. The average Bonchev–Trinajstić information content (AvgIpc) is 3.25. The van der Waals surface area contributed by atoms with Gasteiger partial charge in [-0.05, 0) is 38.1 Å². The second-order valence-corrected chi connectivity index (χ2v) is 5.78. The highest BCUT2D eigenvalue weighted by Crippen LogP contribution is 2.28. The lowest BCUT2D eigenvalue weighted by Gasteiger charge is -2.32. The fourth-order valence-electron chi connectivity index (χ4n) is 2.65. The molecule has 0 unspecified atom stereocenters. The second-order valence-electron chi connectivity index (χ2n) is 5.78. The van der Waals surface area contributed by atoms with Gasteiger partial charge in [-0.15, -0.1) is 0 Å². The van der Waals surface area contributed by atoms with Crippen molar-refractivity contribution >= 4 is 5.82 Å². The molecule has 0 atom stereocenters. The molecule has 2 fully saturated rings. The summed E-state index contributed by atoms with van der Waals surface area (Å²) < 4.78 is 1.60. The molecule has 0 radical (unpaired) electrons. The van der Waals surface area contributed by atoms with Gasteiger partial charge < -0.3 is 14.8 Å². The highest BCUT2D eigenvalue weighted by atomic mass is 16.1. The zero-order valence-corrected chi connectivity index (χ0v) is 11.5. The smallest absolute Gasteiger partial charge is 0.293 e. The Morgan fingerprint density at radius 3 is 2.74 bits per heavy atom. The third-order valence-electron chi connectivity index (χ3n) is 4.19. The summed E-state index contributed by atoms with van der Waals surface area (Å²) in [6.45, 7) is 3.03. The molecule has 2 aliphatic rings. The molecule has 2 heterocycles. The Bertz CT molecular complexity index is 486. The maximum absolute atomic E-state index is 12.0. The summed E-state index contributed by atoms with van der Waals surface area (Å²) in [5.74, 6) is 1.53. The molecule has 1 aliphatic carbocycles. The predicted molar refractivity (Wildman–Crippen MR) is 75.4 cm³/mol. The monoisotopic (exact) mass is 262 g/mol. The van der Waals surface area contributed by atoms with Crippen LogP contribution in [0.25, 0.3) is 0 Å². The molecule has 1 saturated carbocycles. The number of nitrogens with zero attached hydrogens (tertiary/aromatic N) is 3. The standard InChI is InChI=1S/C14H22N4O/c1-17-9-6-15-13(14(17)19)18-7-4-12(5-8-18)16-10-11-2-3-11/h6,9,11-12,16H,2-5,7-8,10H2,1H3. The Morgan fingerprint density at radius 1 is 1.32 bits per heavy atom. The number of anilines is 1. The van der Waals surface area contributed by atoms with E-state index in [0.717, 1.165) is 31.8 Å². The average molecular weight is 262 g/mol. The number of aromatic nitrogens is 2. The summed E-state index contributed by atoms with van der Waals surface area (Å²) in [4.78, 5) is 18.4. The fraction of sp³-hybridized carbons (Fsp3) is 0.714. The summed E-state index contributed by atoms with van der Waals surface area (Å²) in [7, 11) is 1.78.